The second kappa shape index (κ2) is 4.34. The van der Waals surface area contributed by atoms with Crippen LogP contribution in [0.2, 0.25) is 0 Å². The summed E-state index contributed by atoms with van der Waals surface area (Å²) in [6.07, 6.45) is 1.95. The van der Waals surface area contributed by atoms with Crippen molar-refractivity contribution in [3.63, 3.8) is 0 Å². The van der Waals surface area contributed by atoms with E-state index in [4.69, 9.17) is 10.5 Å². The maximum atomic E-state index is 13.0. The molecule has 106 valence electrons. The van der Waals surface area contributed by atoms with E-state index in [2.05, 4.69) is 0 Å². The molecule has 0 heterocycles. The zero-order valence-corrected chi connectivity index (χ0v) is 10.5. The van der Waals surface area contributed by atoms with Crippen LogP contribution in [-0.2, 0) is 9.59 Å². The van der Waals surface area contributed by atoms with Crippen LogP contribution in [0.15, 0.2) is 18.2 Å². The lowest BCUT2D eigenvalue weighted by Gasteiger charge is -2.27. The monoisotopic (exact) mass is 281 g/mol. The highest BCUT2D eigenvalue weighted by Gasteiger charge is 2.63. The number of nitrogens with two attached hydrogens (primary N) is 1. The normalized spacial score (nSPS) is 34.5. The van der Waals surface area contributed by atoms with Gasteiger partial charge in [-0.15, -0.1) is 0 Å². The first-order chi connectivity index (χ1) is 9.44. The molecule has 4 unspecified atom stereocenters. The number of aldehydes is 1. The van der Waals surface area contributed by atoms with Gasteiger partial charge in [-0.1, -0.05) is 0 Å². The van der Waals surface area contributed by atoms with Gasteiger partial charge in [0, 0.05) is 24.1 Å². The predicted octanol–water partition coefficient (Wildman–Crippen LogP) is 1.42. The van der Waals surface area contributed by atoms with E-state index in [1.807, 2.05) is 0 Å². The zero-order chi connectivity index (χ0) is 14.5. The first-order valence-corrected chi connectivity index (χ1v) is 6.36. The maximum absolute atomic E-state index is 13.0. The number of hydrogen-bond donors (Lipinski definition) is 1. The summed E-state index contributed by atoms with van der Waals surface area (Å²) in [5.41, 5.74) is 4.62. The molecule has 2 saturated carbocycles. The summed E-state index contributed by atoms with van der Waals surface area (Å²) in [6, 6.07) is 2.47. The summed E-state index contributed by atoms with van der Waals surface area (Å²) >= 11 is 0. The Labute approximate surface area is 113 Å². The molecule has 1 aromatic rings. The predicted molar refractivity (Wildman–Crippen MR) is 64.7 cm³/mol. The van der Waals surface area contributed by atoms with Crippen molar-refractivity contribution in [2.75, 3.05) is 0 Å². The molecule has 2 aliphatic rings. The van der Waals surface area contributed by atoms with Crippen molar-refractivity contribution in [2.45, 2.75) is 18.4 Å². The number of fused-ring (bicyclic) bond motifs is 1. The third-order valence-electron chi connectivity index (χ3n) is 4.21. The number of carbonyl (C=O) groups excluding carboxylic acids is 2. The molecule has 6 heteroatoms. The molecule has 0 aromatic heterocycles. The minimum absolute atomic E-state index is 0.134. The van der Waals surface area contributed by atoms with Crippen molar-refractivity contribution < 1.29 is 23.1 Å². The third kappa shape index (κ3) is 2.00. The molecule has 20 heavy (non-hydrogen) atoms. The molecule has 0 amide bonds. The van der Waals surface area contributed by atoms with Gasteiger partial charge in [0.25, 0.3) is 0 Å². The van der Waals surface area contributed by atoms with Crippen LogP contribution in [0.4, 0.5) is 8.78 Å². The van der Waals surface area contributed by atoms with Crippen molar-refractivity contribution in [1.29, 1.82) is 0 Å². The van der Waals surface area contributed by atoms with Crippen LogP contribution in [0, 0.1) is 29.4 Å². The molecule has 0 aliphatic heterocycles. The van der Waals surface area contributed by atoms with E-state index in [9.17, 15) is 18.4 Å². The lowest BCUT2D eigenvalue weighted by Crippen LogP contribution is -2.55. The van der Waals surface area contributed by atoms with E-state index in [0.29, 0.717) is 18.8 Å². The standard InChI is InChI=1S/C14H13F2NO3/c15-8-2-9(16)4-10(3-8)20-13(19)14(17)5-7-1-11(7)12(14)6-18/h2-4,6-7,11-12H,1,5,17H2. The highest BCUT2D eigenvalue weighted by molar-refractivity contribution is 5.88. The van der Waals surface area contributed by atoms with Gasteiger partial charge in [-0.2, -0.15) is 0 Å². The van der Waals surface area contributed by atoms with Crippen LogP contribution in [0.5, 0.6) is 5.75 Å². The van der Waals surface area contributed by atoms with E-state index in [-0.39, 0.29) is 17.6 Å². The average molecular weight is 281 g/mol. The first kappa shape index (κ1) is 13.2. The van der Waals surface area contributed by atoms with Gasteiger partial charge >= 0.3 is 5.97 Å². The van der Waals surface area contributed by atoms with Gasteiger partial charge in [-0.25, -0.2) is 13.6 Å². The molecule has 2 fully saturated rings. The summed E-state index contributed by atoms with van der Waals surface area (Å²) in [5.74, 6) is -2.94. The summed E-state index contributed by atoms with van der Waals surface area (Å²) in [4.78, 5) is 23.3. The van der Waals surface area contributed by atoms with Crippen LogP contribution in [-0.4, -0.2) is 17.8 Å². The van der Waals surface area contributed by atoms with Crippen LogP contribution in [0.3, 0.4) is 0 Å². The highest BCUT2D eigenvalue weighted by atomic mass is 19.1. The van der Waals surface area contributed by atoms with Crippen LogP contribution < -0.4 is 10.5 Å². The molecule has 1 aromatic carbocycles. The van der Waals surface area contributed by atoms with Gasteiger partial charge in [0.05, 0.1) is 0 Å². The van der Waals surface area contributed by atoms with Crippen molar-refractivity contribution in [3.05, 3.63) is 29.8 Å². The summed E-state index contributed by atoms with van der Waals surface area (Å²) < 4.78 is 31.0. The van der Waals surface area contributed by atoms with Crippen LogP contribution in [0.1, 0.15) is 12.8 Å². The fourth-order valence-corrected chi connectivity index (χ4v) is 3.13. The van der Waals surface area contributed by atoms with Crippen LogP contribution in [0.25, 0.3) is 0 Å². The van der Waals surface area contributed by atoms with E-state index in [1.54, 1.807) is 0 Å². The number of ether oxygens (including phenoxy) is 1. The Morgan fingerprint density at radius 2 is 2.00 bits per heavy atom. The quantitative estimate of drug-likeness (QED) is 0.517. The molecular formula is C14H13F2NO3. The van der Waals surface area contributed by atoms with E-state index >= 15 is 0 Å². The fraction of sp³-hybridized carbons (Fsp3) is 0.429. The lowest BCUT2D eigenvalue weighted by molar-refractivity contribution is -0.144. The van der Waals surface area contributed by atoms with E-state index in [0.717, 1.165) is 18.6 Å². The van der Waals surface area contributed by atoms with Crippen LogP contribution >= 0.6 is 0 Å². The minimum atomic E-state index is -1.39. The maximum Gasteiger partial charge on any atom is 0.332 e. The zero-order valence-electron chi connectivity index (χ0n) is 10.5. The fourth-order valence-electron chi connectivity index (χ4n) is 3.13. The number of rotatable bonds is 3. The average Bonchev–Trinajstić information content (AvgIpc) is 3.01. The Morgan fingerprint density at radius 1 is 1.35 bits per heavy atom. The molecule has 0 saturated heterocycles. The molecule has 0 bridgehead atoms. The smallest absolute Gasteiger partial charge is 0.332 e. The second-order valence-electron chi connectivity index (χ2n) is 5.56. The Bertz CT molecular complexity index is 572. The van der Waals surface area contributed by atoms with E-state index < -0.39 is 29.1 Å². The molecule has 4 nitrogen and oxygen atoms in total. The van der Waals surface area contributed by atoms with Gasteiger partial charge in [-0.3, -0.25) is 0 Å². The second-order valence-corrected chi connectivity index (χ2v) is 5.56. The topological polar surface area (TPSA) is 69.4 Å². The minimum Gasteiger partial charge on any atom is -0.425 e. The SMILES string of the molecule is NC1(C(=O)Oc2cc(F)cc(F)c2)CC2CC2C1C=O. The molecule has 3 rings (SSSR count). The largest absolute Gasteiger partial charge is 0.425 e. The van der Waals surface area contributed by atoms with Gasteiger partial charge in [-0.05, 0) is 24.7 Å². The summed E-state index contributed by atoms with van der Waals surface area (Å²) in [7, 11) is 0. The van der Waals surface area contributed by atoms with Gasteiger partial charge in [0.1, 0.15) is 29.2 Å². The highest BCUT2D eigenvalue weighted by Crippen LogP contribution is 2.58. The summed E-state index contributed by atoms with van der Waals surface area (Å²) in [5, 5.41) is 0. The molecule has 2 N–H and O–H groups in total. The van der Waals surface area contributed by atoms with Crippen molar-refractivity contribution in [1.82, 2.24) is 0 Å². The molecule has 0 radical (unpaired) electrons. The molecule has 0 spiro atoms. The number of carbonyl (C=O) groups is 2. The third-order valence-corrected chi connectivity index (χ3v) is 4.21. The molecule has 2 aliphatic carbocycles. The van der Waals surface area contributed by atoms with Gasteiger partial charge in [0.15, 0.2) is 0 Å². The number of halogens is 2. The number of benzene rings is 1. The Morgan fingerprint density at radius 3 is 2.60 bits per heavy atom. The Balaban J connectivity index is 1.80. The van der Waals surface area contributed by atoms with Crippen molar-refractivity contribution in [3.8, 4) is 5.75 Å². The van der Waals surface area contributed by atoms with Crippen molar-refractivity contribution >= 4 is 12.3 Å². The van der Waals surface area contributed by atoms with Crippen molar-refractivity contribution in [2.24, 2.45) is 23.5 Å². The molecular weight excluding hydrogens is 268 g/mol. The summed E-state index contributed by atoms with van der Waals surface area (Å²) in [6.45, 7) is 0. The van der Waals surface area contributed by atoms with Gasteiger partial charge < -0.3 is 15.3 Å². The van der Waals surface area contributed by atoms with E-state index in [1.165, 1.54) is 0 Å². The number of hydrogen-bond acceptors (Lipinski definition) is 4. The van der Waals surface area contributed by atoms with Gasteiger partial charge in [0.2, 0.25) is 0 Å². The first-order valence-electron chi connectivity index (χ1n) is 6.36. The molecule has 4 atom stereocenters. The lowest BCUT2D eigenvalue weighted by atomic mass is 9.85. The number of esters is 1. The Hall–Kier alpha value is -1.82. The Kier molecular flexibility index (Phi) is 2.86.